The summed E-state index contributed by atoms with van der Waals surface area (Å²) in [5.41, 5.74) is 4.36. The number of anilines is 1. The van der Waals surface area contributed by atoms with Gasteiger partial charge in [0.05, 0.1) is 11.9 Å². The maximum absolute atomic E-state index is 12.6. The minimum absolute atomic E-state index is 0.335. The molecule has 0 saturated heterocycles. The van der Waals surface area contributed by atoms with Crippen LogP contribution in [0.3, 0.4) is 0 Å². The number of nitrogens with zero attached hydrogens (tertiary/aromatic N) is 1. The molecule has 0 heterocycles. The van der Waals surface area contributed by atoms with Crippen LogP contribution in [0.4, 0.5) is 5.69 Å². The van der Waals surface area contributed by atoms with Crippen LogP contribution in [0.1, 0.15) is 29.2 Å². The first-order valence-electron chi connectivity index (χ1n) is 8.49. The van der Waals surface area contributed by atoms with Crippen LogP contribution in [-0.2, 0) is 21.4 Å². The van der Waals surface area contributed by atoms with Gasteiger partial charge in [0.1, 0.15) is 6.04 Å². The molecule has 0 radical (unpaired) electrons. The van der Waals surface area contributed by atoms with E-state index in [9.17, 15) is 13.2 Å². The maximum atomic E-state index is 12.6. The Kier molecular flexibility index (Phi) is 6.08. The van der Waals surface area contributed by atoms with Gasteiger partial charge >= 0.3 is 0 Å². The molecular weight excluding hydrogens is 348 g/mol. The van der Waals surface area contributed by atoms with Crippen molar-refractivity contribution in [1.82, 2.24) is 5.32 Å². The minimum atomic E-state index is -3.62. The van der Waals surface area contributed by atoms with Crippen LogP contribution < -0.4 is 9.62 Å². The Balaban J connectivity index is 2.25. The van der Waals surface area contributed by atoms with Crippen LogP contribution in [0.5, 0.6) is 0 Å². The lowest BCUT2D eigenvalue weighted by Gasteiger charge is -2.29. The van der Waals surface area contributed by atoms with E-state index >= 15 is 0 Å². The van der Waals surface area contributed by atoms with Crippen molar-refractivity contribution >= 4 is 21.6 Å². The second-order valence-electron chi connectivity index (χ2n) is 6.73. The Bertz CT molecular complexity index is 907. The van der Waals surface area contributed by atoms with E-state index in [1.807, 2.05) is 57.2 Å². The zero-order valence-electron chi connectivity index (χ0n) is 15.9. The third-order valence-corrected chi connectivity index (χ3v) is 5.47. The van der Waals surface area contributed by atoms with Crippen LogP contribution in [0, 0.1) is 20.8 Å². The fourth-order valence-electron chi connectivity index (χ4n) is 2.90. The molecule has 2 aromatic rings. The molecule has 0 fully saturated rings. The summed E-state index contributed by atoms with van der Waals surface area (Å²) in [6.45, 7) is 7.68. The predicted octanol–water partition coefficient (Wildman–Crippen LogP) is 3.08. The predicted molar refractivity (Wildman–Crippen MR) is 106 cm³/mol. The van der Waals surface area contributed by atoms with Gasteiger partial charge in [0, 0.05) is 6.54 Å². The third kappa shape index (κ3) is 4.85. The highest BCUT2D eigenvalue weighted by molar-refractivity contribution is 7.92. The molecule has 2 aromatic carbocycles. The fraction of sp³-hybridized carbons (Fsp3) is 0.350. The van der Waals surface area contributed by atoms with E-state index in [1.165, 1.54) is 4.31 Å². The summed E-state index contributed by atoms with van der Waals surface area (Å²) in [5, 5.41) is 2.84. The Morgan fingerprint density at radius 2 is 1.73 bits per heavy atom. The van der Waals surface area contributed by atoms with Crippen molar-refractivity contribution in [2.75, 3.05) is 10.6 Å². The molecule has 140 valence electrons. The average molecular weight is 375 g/mol. The summed E-state index contributed by atoms with van der Waals surface area (Å²) in [7, 11) is -3.62. The monoisotopic (exact) mass is 374 g/mol. The second kappa shape index (κ2) is 7.91. The van der Waals surface area contributed by atoms with Crippen molar-refractivity contribution in [3.05, 3.63) is 64.7 Å². The van der Waals surface area contributed by atoms with Gasteiger partial charge in [0.25, 0.3) is 0 Å². The van der Waals surface area contributed by atoms with Crippen LogP contribution in [0.2, 0.25) is 0 Å². The Morgan fingerprint density at radius 3 is 2.35 bits per heavy atom. The molecule has 0 aliphatic heterocycles. The Labute approximate surface area is 156 Å². The van der Waals surface area contributed by atoms with Gasteiger partial charge in [-0.3, -0.25) is 9.10 Å². The summed E-state index contributed by atoms with van der Waals surface area (Å²) in [4.78, 5) is 12.6. The second-order valence-corrected chi connectivity index (χ2v) is 8.59. The third-order valence-electron chi connectivity index (χ3n) is 4.24. The molecule has 5 nitrogen and oxygen atoms in total. The summed E-state index contributed by atoms with van der Waals surface area (Å²) < 4.78 is 26.0. The number of rotatable bonds is 6. The first-order valence-corrected chi connectivity index (χ1v) is 10.3. The van der Waals surface area contributed by atoms with Crippen molar-refractivity contribution in [1.29, 1.82) is 0 Å². The van der Waals surface area contributed by atoms with Crippen LogP contribution in [0.25, 0.3) is 0 Å². The molecule has 0 aromatic heterocycles. The van der Waals surface area contributed by atoms with E-state index in [-0.39, 0.29) is 5.91 Å². The normalized spacial score (nSPS) is 12.5. The smallest absolute Gasteiger partial charge is 0.243 e. The number of benzene rings is 2. The first-order chi connectivity index (χ1) is 12.1. The lowest BCUT2D eigenvalue weighted by atomic mass is 10.1. The topological polar surface area (TPSA) is 66.5 Å². The lowest BCUT2D eigenvalue weighted by molar-refractivity contribution is -0.122. The van der Waals surface area contributed by atoms with Crippen molar-refractivity contribution in [2.45, 2.75) is 40.3 Å². The molecule has 0 aliphatic rings. The van der Waals surface area contributed by atoms with Gasteiger partial charge in [-0.05, 0) is 50.5 Å². The number of nitrogens with one attached hydrogen (secondary N) is 1. The zero-order valence-corrected chi connectivity index (χ0v) is 16.7. The highest BCUT2D eigenvalue weighted by atomic mass is 32.2. The molecule has 0 bridgehead atoms. The quantitative estimate of drug-likeness (QED) is 0.845. The van der Waals surface area contributed by atoms with Crippen molar-refractivity contribution in [2.24, 2.45) is 0 Å². The summed E-state index contributed by atoms with van der Waals surface area (Å²) >= 11 is 0. The fourth-order valence-corrected chi connectivity index (χ4v) is 4.12. The van der Waals surface area contributed by atoms with Crippen LogP contribution in [0.15, 0.2) is 42.5 Å². The summed E-state index contributed by atoms with van der Waals surface area (Å²) in [6.07, 6.45) is 1.12. The highest BCUT2D eigenvalue weighted by Crippen LogP contribution is 2.26. The minimum Gasteiger partial charge on any atom is -0.350 e. The van der Waals surface area contributed by atoms with Gasteiger partial charge in [-0.15, -0.1) is 0 Å². The summed E-state index contributed by atoms with van der Waals surface area (Å²) in [5.74, 6) is -0.335. The van der Waals surface area contributed by atoms with Gasteiger partial charge in [-0.2, -0.15) is 0 Å². The maximum Gasteiger partial charge on any atom is 0.243 e. The average Bonchev–Trinajstić information content (AvgIpc) is 2.54. The molecule has 1 N–H and O–H groups in total. The van der Waals surface area contributed by atoms with E-state index in [4.69, 9.17) is 0 Å². The lowest BCUT2D eigenvalue weighted by Crippen LogP contribution is -2.48. The van der Waals surface area contributed by atoms with Gasteiger partial charge in [-0.1, -0.05) is 42.0 Å². The largest absolute Gasteiger partial charge is 0.350 e. The molecule has 0 saturated carbocycles. The molecule has 0 aliphatic carbocycles. The number of aryl methyl sites for hydroxylation is 3. The van der Waals surface area contributed by atoms with Crippen molar-refractivity contribution in [3.63, 3.8) is 0 Å². The molecule has 0 spiro atoms. The molecule has 1 amide bonds. The number of hydrogen-bond donors (Lipinski definition) is 1. The van der Waals surface area contributed by atoms with E-state index < -0.39 is 16.1 Å². The number of hydrogen-bond acceptors (Lipinski definition) is 3. The number of amides is 1. The van der Waals surface area contributed by atoms with Gasteiger partial charge in [0.2, 0.25) is 15.9 Å². The Morgan fingerprint density at radius 1 is 1.08 bits per heavy atom. The number of carbonyl (C=O) groups is 1. The van der Waals surface area contributed by atoms with E-state index in [0.717, 1.165) is 28.5 Å². The molecule has 0 unspecified atom stereocenters. The van der Waals surface area contributed by atoms with Crippen LogP contribution >= 0.6 is 0 Å². The van der Waals surface area contributed by atoms with Crippen molar-refractivity contribution < 1.29 is 13.2 Å². The first kappa shape index (κ1) is 20.0. The number of sulfonamides is 1. The highest BCUT2D eigenvalue weighted by Gasteiger charge is 2.30. The SMILES string of the molecule is Cc1cccc(CNC(=O)[C@H](C)N(c2cc(C)ccc2C)S(C)(=O)=O)c1. The van der Waals surface area contributed by atoms with Crippen LogP contribution in [-0.4, -0.2) is 26.6 Å². The molecule has 6 heteroatoms. The molecule has 1 atom stereocenters. The van der Waals surface area contributed by atoms with Gasteiger partial charge in [0.15, 0.2) is 0 Å². The summed E-state index contributed by atoms with van der Waals surface area (Å²) in [6, 6.07) is 12.6. The van der Waals surface area contributed by atoms with Gasteiger partial charge in [-0.25, -0.2) is 8.42 Å². The number of carbonyl (C=O) groups excluding carboxylic acids is 1. The molecule has 2 rings (SSSR count). The standard InChI is InChI=1S/C20H26N2O3S/c1-14-7-6-8-18(11-14)13-21-20(23)17(4)22(26(5,24)25)19-12-15(2)9-10-16(19)3/h6-12,17H,13H2,1-5H3,(H,21,23)/t17-/m0/s1. The van der Waals surface area contributed by atoms with E-state index in [0.29, 0.717) is 12.2 Å². The molecule has 26 heavy (non-hydrogen) atoms. The van der Waals surface area contributed by atoms with E-state index in [1.54, 1.807) is 13.0 Å². The molecular formula is C20H26N2O3S. The van der Waals surface area contributed by atoms with Crippen molar-refractivity contribution in [3.8, 4) is 0 Å². The Hall–Kier alpha value is -2.34. The van der Waals surface area contributed by atoms with Gasteiger partial charge < -0.3 is 5.32 Å². The van der Waals surface area contributed by atoms with E-state index in [2.05, 4.69) is 5.32 Å². The zero-order chi connectivity index (χ0) is 19.5.